The van der Waals surface area contributed by atoms with Crippen LogP contribution in [0.3, 0.4) is 0 Å². The third-order valence-corrected chi connectivity index (χ3v) is 6.21. The van der Waals surface area contributed by atoms with E-state index in [4.69, 9.17) is 4.98 Å². The van der Waals surface area contributed by atoms with Gasteiger partial charge >= 0.3 is 0 Å². The van der Waals surface area contributed by atoms with Gasteiger partial charge < -0.3 is 5.32 Å². The van der Waals surface area contributed by atoms with Crippen LogP contribution in [0.25, 0.3) is 26.4 Å². The van der Waals surface area contributed by atoms with Crippen LogP contribution >= 0.6 is 11.3 Å². The van der Waals surface area contributed by atoms with Crippen LogP contribution in [0.15, 0.2) is 85.1 Å². The molecule has 0 fully saturated rings. The molecule has 2 aromatic heterocycles. The number of carbonyl (C=O) groups excluding carboxylic acids is 1. The molecule has 0 atom stereocenters. The van der Waals surface area contributed by atoms with Gasteiger partial charge in [-0.3, -0.25) is 9.20 Å². The fourth-order valence-corrected chi connectivity index (χ4v) is 4.68. The molecule has 0 radical (unpaired) electrons. The zero-order chi connectivity index (χ0) is 20.3. The standard InChI is InChI=1S/C25H21N3OS/c29-24(26-15-7-10-18-8-3-1-4-9-18)20-13-14-22-23(16-20)30-25-27-21(17-28(22)25)19-11-5-2-6-12-19/h1-6,8-9,11-14,16-17H,7,10,15H2,(H,26,29). The fraction of sp³-hybridized carbons (Fsp3) is 0.120. The van der Waals surface area contributed by atoms with Gasteiger partial charge in [0.2, 0.25) is 0 Å². The zero-order valence-corrected chi connectivity index (χ0v) is 17.2. The van der Waals surface area contributed by atoms with Crippen molar-refractivity contribution in [3.8, 4) is 11.3 Å². The Hall–Kier alpha value is -3.44. The van der Waals surface area contributed by atoms with Crippen molar-refractivity contribution in [1.29, 1.82) is 0 Å². The average molecular weight is 412 g/mol. The second kappa shape index (κ2) is 8.13. The average Bonchev–Trinajstić information content (AvgIpc) is 3.35. The van der Waals surface area contributed by atoms with Gasteiger partial charge in [-0.1, -0.05) is 72.0 Å². The lowest BCUT2D eigenvalue weighted by Crippen LogP contribution is -2.24. The number of carbonyl (C=O) groups is 1. The highest BCUT2D eigenvalue weighted by molar-refractivity contribution is 7.23. The molecule has 5 rings (SSSR count). The van der Waals surface area contributed by atoms with Gasteiger partial charge in [0, 0.05) is 23.9 Å². The van der Waals surface area contributed by atoms with Gasteiger partial charge in [0.1, 0.15) is 0 Å². The number of nitrogens with zero attached hydrogens (tertiary/aromatic N) is 2. The van der Waals surface area contributed by atoms with Gasteiger partial charge in [0.05, 0.1) is 15.9 Å². The monoisotopic (exact) mass is 411 g/mol. The molecule has 0 saturated heterocycles. The number of hydrogen-bond acceptors (Lipinski definition) is 3. The number of amides is 1. The summed E-state index contributed by atoms with van der Waals surface area (Å²) in [6.45, 7) is 0.667. The van der Waals surface area contributed by atoms with Crippen LogP contribution in [-0.4, -0.2) is 21.8 Å². The number of benzene rings is 3. The lowest BCUT2D eigenvalue weighted by molar-refractivity contribution is 0.0953. The first-order valence-electron chi connectivity index (χ1n) is 10.1. The predicted molar refractivity (Wildman–Crippen MR) is 123 cm³/mol. The second-order valence-electron chi connectivity index (χ2n) is 7.27. The van der Waals surface area contributed by atoms with Crippen molar-refractivity contribution in [2.24, 2.45) is 0 Å². The molecule has 3 aromatic carbocycles. The Morgan fingerprint density at radius 2 is 1.73 bits per heavy atom. The van der Waals surface area contributed by atoms with Gasteiger partial charge in [0.15, 0.2) is 4.96 Å². The largest absolute Gasteiger partial charge is 0.352 e. The summed E-state index contributed by atoms with van der Waals surface area (Å²) in [5, 5.41) is 3.04. The Balaban J connectivity index is 1.29. The van der Waals surface area contributed by atoms with Crippen molar-refractivity contribution in [2.75, 3.05) is 6.54 Å². The lowest BCUT2D eigenvalue weighted by atomic mass is 10.1. The molecule has 0 spiro atoms. The molecule has 0 unspecified atom stereocenters. The first-order valence-corrected chi connectivity index (χ1v) is 10.9. The SMILES string of the molecule is O=C(NCCCc1ccccc1)c1ccc2c(c1)sc1nc(-c3ccccc3)cn12. The maximum absolute atomic E-state index is 12.6. The Bertz CT molecular complexity index is 1310. The third kappa shape index (κ3) is 3.72. The number of aromatic nitrogens is 2. The molecule has 5 heteroatoms. The van der Waals surface area contributed by atoms with Gasteiger partial charge in [-0.15, -0.1) is 0 Å². The highest BCUT2D eigenvalue weighted by Gasteiger charge is 2.12. The Morgan fingerprint density at radius 3 is 2.53 bits per heavy atom. The number of thiazole rings is 1. The summed E-state index contributed by atoms with van der Waals surface area (Å²) in [5.74, 6) is -0.0269. The summed E-state index contributed by atoms with van der Waals surface area (Å²) in [7, 11) is 0. The summed E-state index contributed by atoms with van der Waals surface area (Å²) < 4.78 is 3.17. The van der Waals surface area contributed by atoms with Crippen molar-refractivity contribution < 1.29 is 4.79 Å². The molecule has 30 heavy (non-hydrogen) atoms. The van der Waals surface area contributed by atoms with Gasteiger partial charge in [-0.25, -0.2) is 4.98 Å². The van der Waals surface area contributed by atoms with E-state index < -0.39 is 0 Å². The summed E-state index contributed by atoms with van der Waals surface area (Å²) in [6.07, 6.45) is 3.95. The summed E-state index contributed by atoms with van der Waals surface area (Å²) in [5.41, 5.74) is 5.13. The minimum Gasteiger partial charge on any atom is -0.352 e. The maximum Gasteiger partial charge on any atom is 0.251 e. The topological polar surface area (TPSA) is 46.4 Å². The van der Waals surface area contributed by atoms with Crippen molar-refractivity contribution >= 4 is 32.4 Å². The van der Waals surface area contributed by atoms with E-state index >= 15 is 0 Å². The van der Waals surface area contributed by atoms with E-state index in [0.29, 0.717) is 12.1 Å². The number of hydrogen-bond donors (Lipinski definition) is 1. The molecule has 1 amide bonds. The van der Waals surface area contributed by atoms with Crippen molar-refractivity contribution in [3.63, 3.8) is 0 Å². The first-order chi connectivity index (χ1) is 14.8. The number of aryl methyl sites for hydroxylation is 1. The molecule has 0 saturated carbocycles. The van der Waals surface area contributed by atoms with E-state index in [1.165, 1.54) is 5.56 Å². The van der Waals surface area contributed by atoms with Crippen LogP contribution in [0.2, 0.25) is 0 Å². The molecule has 0 bridgehead atoms. The molecule has 0 aliphatic carbocycles. The molecule has 0 aliphatic heterocycles. The minimum absolute atomic E-state index is 0.0269. The molecule has 1 N–H and O–H groups in total. The van der Waals surface area contributed by atoms with E-state index in [1.54, 1.807) is 11.3 Å². The molecule has 4 nitrogen and oxygen atoms in total. The molecular formula is C25H21N3OS. The van der Waals surface area contributed by atoms with Crippen LogP contribution < -0.4 is 5.32 Å². The van der Waals surface area contributed by atoms with Crippen LogP contribution in [0, 0.1) is 0 Å². The van der Waals surface area contributed by atoms with Crippen molar-refractivity contribution in [3.05, 3.63) is 96.2 Å². The highest BCUT2D eigenvalue weighted by atomic mass is 32.1. The number of rotatable bonds is 6. The first kappa shape index (κ1) is 18.6. The number of fused-ring (bicyclic) bond motifs is 3. The van der Waals surface area contributed by atoms with Gasteiger partial charge in [-0.2, -0.15) is 0 Å². The summed E-state index contributed by atoms with van der Waals surface area (Å²) >= 11 is 1.61. The van der Waals surface area contributed by atoms with Crippen LogP contribution in [0.1, 0.15) is 22.3 Å². The number of imidazole rings is 1. The molecule has 2 heterocycles. The van der Waals surface area contributed by atoms with Gasteiger partial charge in [0.25, 0.3) is 5.91 Å². The molecular weight excluding hydrogens is 390 g/mol. The Kier molecular flexibility index (Phi) is 5.03. The van der Waals surface area contributed by atoms with Crippen molar-refractivity contribution in [1.82, 2.24) is 14.7 Å². The molecule has 5 aromatic rings. The number of nitrogens with one attached hydrogen (secondary N) is 1. The third-order valence-electron chi connectivity index (χ3n) is 5.20. The van der Waals surface area contributed by atoms with E-state index in [-0.39, 0.29) is 5.91 Å². The van der Waals surface area contributed by atoms with Crippen LogP contribution in [0.5, 0.6) is 0 Å². The Morgan fingerprint density at radius 1 is 0.967 bits per heavy atom. The van der Waals surface area contributed by atoms with Crippen molar-refractivity contribution in [2.45, 2.75) is 12.8 Å². The zero-order valence-electron chi connectivity index (χ0n) is 16.4. The predicted octanol–water partition coefficient (Wildman–Crippen LogP) is 5.58. The maximum atomic E-state index is 12.6. The molecule has 0 aliphatic rings. The summed E-state index contributed by atoms with van der Waals surface area (Å²) in [4.78, 5) is 18.3. The quantitative estimate of drug-likeness (QED) is 0.371. The summed E-state index contributed by atoms with van der Waals surface area (Å²) in [6, 6.07) is 26.4. The van der Waals surface area contributed by atoms with E-state index in [0.717, 1.165) is 39.3 Å². The normalized spacial score (nSPS) is 11.2. The lowest BCUT2D eigenvalue weighted by Gasteiger charge is -2.06. The highest BCUT2D eigenvalue weighted by Crippen LogP contribution is 2.30. The van der Waals surface area contributed by atoms with Crippen LogP contribution in [0.4, 0.5) is 0 Å². The smallest absolute Gasteiger partial charge is 0.251 e. The second-order valence-corrected chi connectivity index (χ2v) is 8.28. The van der Waals surface area contributed by atoms with E-state index in [9.17, 15) is 4.79 Å². The minimum atomic E-state index is -0.0269. The fourth-order valence-electron chi connectivity index (χ4n) is 3.63. The Labute approximate surface area is 178 Å². The van der Waals surface area contributed by atoms with E-state index in [1.807, 2.05) is 54.6 Å². The molecule has 148 valence electrons. The van der Waals surface area contributed by atoms with Gasteiger partial charge in [-0.05, 0) is 36.6 Å². The van der Waals surface area contributed by atoms with E-state index in [2.05, 4.69) is 40.2 Å². The van der Waals surface area contributed by atoms with Crippen LogP contribution in [-0.2, 0) is 6.42 Å².